The first-order valence-electron chi connectivity index (χ1n) is 5.82. The molecule has 0 saturated heterocycles. The van der Waals surface area contributed by atoms with Gasteiger partial charge in [-0.1, -0.05) is 23.2 Å². The first kappa shape index (κ1) is 14.8. The molecule has 104 valence electrons. The highest BCUT2D eigenvalue weighted by Gasteiger charge is 2.15. The first-order valence-corrected chi connectivity index (χ1v) is 6.57. The van der Waals surface area contributed by atoms with Gasteiger partial charge < -0.3 is 4.74 Å². The second-order valence-electron chi connectivity index (χ2n) is 4.18. The van der Waals surface area contributed by atoms with E-state index in [1.807, 2.05) is 0 Å². The Bertz CT molecular complexity index is 656. The molecule has 0 radical (unpaired) electrons. The normalized spacial score (nSPS) is 10.4. The smallest absolute Gasteiger partial charge is 0.170 e. The highest BCUT2D eigenvalue weighted by molar-refractivity contribution is 6.31. The SMILES string of the molecule is COc1ccc(Cl)cc1CC(=O)c1cc(Cl)ccc1F. The number of Topliss-reactive ketones (excluding diaryl/α,β-unsaturated/α-hetero) is 1. The maximum absolute atomic E-state index is 13.6. The van der Waals surface area contributed by atoms with Crippen molar-refractivity contribution in [2.75, 3.05) is 7.11 Å². The zero-order valence-corrected chi connectivity index (χ0v) is 12.1. The van der Waals surface area contributed by atoms with Crippen LogP contribution in [-0.2, 0) is 6.42 Å². The molecule has 0 aliphatic carbocycles. The van der Waals surface area contributed by atoms with Gasteiger partial charge in [0.15, 0.2) is 5.78 Å². The Morgan fingerprint density at radius 3 is 2.50 bits per heavy atom. The van der Waals surface area contributed by atoms with Crippen LogP contribution in [0.2, 0.25) is 10.0 Å². The molecular formula is C15H11Cl2FO2. The number of carbonyl (C=O) groups is 1. The third-order valence-electron chi connectivity index (χ3n) is 2.82. The summed E-state index contributed by atoms with van der Waals surface area (Å²) in [4.78, 5) is 12.2. The van der Waals surface area contributed by atoms with Gasteiger partial charge in [0, 0.05) is 22.0 Å². The minimum absolute atomic E-state index is 0.0129. The molecule has 5 heteroatoms. The maximum atomic E-state index is 13.6. The second-order valence-corrected chi connectivity index (χ2v) is 5.05. The number of hydrogen-bond donors (Lipinski definition) is 0. The molecule has 0 aromatic heterocycles. The Kier molecular flexibility index (Phi) is 4.63. The van der Waals surface area contributed by atoms with Crippen molar-refractivity contribution in [1.29, 1.82) is 0 Å². The van der Waals surface area contributed by atoms with E-state index in [0.717, 1.165) is 0 Å². The Labute approximate surface area is 126 Å². The van der Waals surface area contributed by atoms with E-state index in [9.17, 15) is 9.18 Å². The molecule has 0 N–H and O–H groups in total. The van der Waals surface area contributed by atoms with Gasteiger partial charge in [-0.3, -0.25) is 4.79 Å². The number of carbonyl (C=O) groups excluding carboxylic acids is 1. The van der Waals surface area contributed by atoms with E-state index in [1.54, 1.807) is 18.2 Å². The Morgan fingerprint density at radius 2 is 1.80 bits per heavy atom. The Hall–Kier alpha value is -1.58. The third-order valence-corrected chi connectivity index (χ3v) is 3.29. The van der Waals surface area contributed by atoms with E-state index < -0.39 is 5.82 Å². The van der Waals surface area contributed by atoms with E-state index in [0.29, 0.717) is 21.4 Å². The lowest BCUT2D eigenvalue weighted by molar-refractivity contribution is 0.0988. The maximum Gasteiger partial charge on any atom is 0.170 e. The van der Waals surface area contributed by atoms with Crippen LogP contribution in [0, 0.1) is 5.82 Å². The molecule has 2 aromatic carbocycles. The van der Waals surface area contributed by atoms with Gasteiger partial charge in [-0.05, 0) is 36.4 Å². The number of rotatable bonds is 4. The van der Waals surface area contributed by atoms with Crippen LogP contribution >= 0.6 is 23.2 Å². The molecule has 2 nitrogen and oxygen atoms in total. The second kappa shape index (κ2) is 6.25. The predicted molar refractivity (Wildman–Crippen MR) is 77.4 cm³/mol. The van der Waals surface area contributed by atoms with Crippen LogP contribution in [0.25, 0.3) is 0 Å². The van der Waals surface area contributed by atoms with E-state index in [-0.39, 0.29) is 17.8 Å². The summed E-state index contributed by atoms with van der Waals surface area (Å²) in [5, 5.41) is 0.799. The molecule has 0 heterocycles. The lowest BCUT2D eigenvalue weighted by atomic mass is 10.0. The lowest BCUT2D eigenvalue weighted by Gasteiger charge is -2.09. The molecule has 0 fully saturated rings. The monoisotopic (exact) mass is 312 g/mol. The van der Waals surface area contributed by atoms with Crippen LogP contribution in [0.4, 0.5) is 4.39 Å². The van der Waals surface area contributed by atoms with Crippen LogP contribution in [0.5, 0.6) is 5.75 Å². The van der Waals surface area contributed by atoms with Gasteiger partial charge in [-0.25, -0.2) is 4.39 Å². The molecule has 0 unspecified atom stereocenters. The van der Waals surface area contributed by atoms with Crippen molar-refractivity contribution in [3.63, 3.8) is 0 Å². The highest BCUT2D eigenvalue weighted by Crippen LogP contribution is 2.25. The number of methoxy groups -OCH3 is 1. The van der Waals surface area contributed by atoms with Crippen LogP contribution in [0.15, 0.2) is 36.4 Å². The van der Waals surface area contributed by atoms with Gasteiger partial charge in [-0.15, -0.1) is 0 Å². The summed E-state index contributed by atoms with van der Waals surface area (Å²) in [7, 11) is 1.50. The van der Waals surface area contributed by atoms with Gasteiger partial charge in [0.2, 0.25) is 0 Å². The van der Waals surface area contributed by atoms with Crippen molar-refractivity contribution < 1.29 is 13.9 Å². The van der Waals surface area contributed by atoms with E-state index >= 15 is 0 Å². The van der Waals surface area contributed by atoms with Gasteiger partial charge >= 0.3 is 0 Å². The minimum Gasteiger partial charge on any atom is -0.496 e. The van der Waals surface area contributed by atoms with Crippen LogP contribution in [0.1, 0.15) is 15.9 Å². The zero-order chi connectivity index (χ0) is 14.7. The number of halogens is 3. The van der Waals surface area contributed by atoms with Gasteiger partial charge in [-0.2, -0.15) is 0 Å². The predicted octanol–water partition coefficient (Wildman–Crippen LogP) is 4.57. The van der Waals surface area contributed by atoms with Crippen molar-refractivity contribution in [1.82, 2.24) is 0 Å². The molecule has 20 heavy (non-hydrogen) atoms. The first-order chi connectivity index (χ1) is 9.51. The Balaban J connectivity index is 2.32. The molecule has 0 spiro atoms. The summed E-state index contributed by atoms with van der Waals surface area (Å²) in [6.45, 7) is 0. The largest absolute Gasteiger partial charge is 0.496 e. The quantitative estimate of drug-likeness (QED) is 0.773. The average Bonchev–Trinajstić information content (AvgIpc) is 2.41. The van der Waals surface area contributed by atoms with Crippen LogP contribution < -0.4 is 4.74 Å². The number of benzene rings is 2. The summed E-state index contributed by atoms with van der Waals surface area (Å²) in [5.74, 6) is -0.448. The Morgan fingerprint density at radius 1 is 1.15 bits per heavy atom. The van der Waals surface area contributed by atoms with Gasteiger partial charge in [0.05, 0.1) is 12.7 Å². The van der Waals surface area contributed by atoms with Crippen molar-refractivity contribution in [2.24, 2.45) is 0 Å². The number of ether oxygens (including phenoxy) is 1. The van der Waals surface area contributed by atoms with Crippen LogP contribution in [-0.4, -0.2) is 12.9 Å². The summed E-state index contributed by atoms with van der Waals surface area (Å²) < 4.78 is 18.8. The van der Waals surface area contributed by atoms with Crippen molar-refractivity contribution in [2.45, 2.75) is 6.42 Å². The number of ketones is 1. The molecule has 2 rings (SSSR count). The third kappa shape index (κ3) is 3.30. The molecule has 0 amide bonds. The zero-order valence-electron chi connectivity index (χ0n) is 10.6. The molecule has 0 aliphatic rings. The summed E-state index contributed by atoms with van der Waals surface area (Å²) in [5.41, 5.74) is 0.559. The summed E-state index contributed by atoms with van der Waals surface area (Å²) in [6, 6.07) is 8.84. The molecule has 0 bridgehead atoms. The fourth-order valence-electron chi connectivity index (χ4n) is 1.86. The standard InChI is InChI=1S/C15H11Cl2FO2/c1-20-15-5-3-10(16)6-9(15)7-14(19)12-8-11(17)2-4-13(12)18/h2-6,8H,7H2,1H3. The van der Waals surface area contributed by atoms with E-state index in [4.69, 9.17) is 27.9 Å². The van der Waals surface area contributed by atoms with Crippen molar-refractivity contribution in [3.8, 4) is 5.75 Å². The molecule has 0 atom stereocenters. The van der Waals surface area contributed by atoms with Crippen molar-refractivity contribution in [3.05, 3.63) is 63.4 Å². The molecular weight excluding hydrogens is 302 g/mol. The molecule has 2 aromatic rings. The average molecular weight is 313 g/mol. The van der Waals surface area contributed by atoms with Gasteiger partial charge in [0.1, 0.15) is 11.6 Å². The summed E-state index contributed by atoms with van der Waals surface area (Å²) >= 11 is 11.7. The fourth-order valence-corrected chi connectivity index (χ4v) is 2.23. The topological polar surface area (TPSA) is 26.3 Å². The van der Waals surface area contributed by atoms with Crippen molar-refractivity contribution >= 4 is 29.0 Å². The van der Waals surface area contributed by atoms with E-state index in [2.05, 4.69) is 0 Å². The molecule has 0 saturated carbocycles. The molecule has 0 aliphatic heterocycles. The van der Waals surface area contributed by atoms with Crippen LogP contribution in [0.3, 0.4) is 0 Å². The lowest BCUT2D eigenvalue weighted by Crippen LogP contribution is -2.07. The number of hydrogen-bond acceptors (Lipinski definition) is 2. The fraction of sp³-hybridized carbons (Fsp3) is 0.133. The van der Waals surface area contributed by atoms with Gasteiger partial charge in [0.25, 0.3) is 0 Å². The minimum atomic E-state index is -0.597. The highest BCUT2D eigenvalue weighted by atomic mass is 35.5. The summed E-state index contributed by atoms with van der Waals surface area (Å²) in [6.07, 6.45) is -0.0129. The van der Waals surface area contributed by atoms with E-state index in [1.165, 1.54) is 25.3 Å².